The van der Waals surface area contributed by atoms with Crippen molar-refractivity contribution in [3.05, 3.63) is 89.0 Å². The molecule has 5 heteroatoms. The summed E-state index contributed by atoms with van der Waals surface area (Å²) < 4.78 is 6.37. The molecule has 1 fully saturated rings. The number of aryl methyl sites for hydroxylation is 2. The van der Waals surface area contributed by atoms with Gasteiger partial charge in [0.1, 0.15) is 11.4 Å². The van der Waals surface area contributed by atoms with Gasteiger partial charge in [-0.1, -0.05) is 36.9 Å². The van der Waals surface area contributed by atoms with Crippen LogP contribution < -0.4 is 15.4 Å². The fraction of sp³-hybridized carbons (Fsp3) is 0.214. The van der Waals surface area contributed by atoms with Crippen molar-refractivity contribution in [2.24, 2.45) is 10.7 Å². The second kappa shape index (κ2) is 8.94. The lowest BCUT2D eigenvalue weighted by Gasteiger charge is -2.19. The van der Waals surface area contributed by atoms with E-state index in [1.165, 1.54) is 5.56 Å². The summed E-state index contributed by atoms with van der Waals surface area (Å²) >= 11 is 0. The molecule has 1 amide bonds. The molecule has 1 atom stereocenters. The number of nitrogens with zero attached hydrogens (tertiary/aromatic N) is 2. The zero-order valence-electron chi connectivity index (χ0n) is 19.4. The molecule has 0 spiro atoms. The summed E-state index contributed by atoms with van der Waals surface area (Å²) in [5, 5.41) is 0. The molecule has 3 aromatic carbocycles. The molecular weight excluding hydrogens is 410 g/mol. The highest BCUT2D eigenvalue weighted by molar-refractivity contribution is 5.97. The average Bonchev–Trinajstić information content (AvgIpc) is 3.20. The maximum absolute atomic E-state index is 12.9. The van der Waals surface area contributed by atoms with Crippen LogP contribution in [0.4, 0.5) is 11.4 Å². The van der Waals surface area contributed by atoms with Crippen molar-refractivity contribution in [2.75, 3.05) is 11.4 Å². The van der Waals surface area contributed by atoms with Gasteiger partial charge in [0.05, 0.1) is 0 Å². The topological polar surface area (TPSA) is 67.9 Å². The zero-order chi connectivity index (χ0) is 23.7. The number of hydrogen-bond donors (Lipinski definition) is 1. The minimum Gasteiger partial charge on any atom is -0.455 e. The summed E-state index contributed by atoms with van der Waals surface area (Å²) in [6.07, 6.45) is 0.427. The third kappa shape index (κ3) is 4.40. The number of carbonyl (C=O) groups is 1. The summed E-state index contributed by atoms with van der Waals surface area (Å²) in [5.74, 6) is 1.60. The lowest BCUT2D eigenvalue weighted by atomic mass is 9.97. The van der Waals surface area contributed by atoms with Gasteiger partial charge in [-0.25, -0.2) is 0 Å². The second-order valence-corrected chi connectivity index (χ2v) is 8.62. The van der Waals surface area contributed by atoms with Gasteiger partial charge in [-0.3, -0.25) is 9.79 Å². The van der Waals surface area contributed by atoms with E-state index in [-0.39, 0.29) is 11.8 Å². The number of amides is 1. The molecular formula is C28H29N3O2. The first-order valence-corrected chi connectivity index (χ1v) is 11.0. The molecule has 0 saturated carbocycles. The van der Waals surface area contributed by atoms with E-state index in [4.69, 9.17) is 10.5 Å². The molecule has 0 bridgehead atoms. The average molecular weight is 440 g/mol. The van der Waals surface area contributed by atoms with E-state index in [2.05, 4.69) is 44.3 Å². The van der Waals surface area contributed by atoms with Crippen LogP contribution in [0.2, 0.25) is 0 Å². The Morgan fingerprint density at radius 1 is 1.09 bits per heavy atom. The van der Waals surface area contributed by atoms with Gasteiger partial charge < -0.3 is 15.4 Å². The monoisotopic (exact) mass is 439 g/mol. The second-order valence-electron chi connectivity index (χ2n) is 8.62. The van der Waals surface area contributed by atoms with Crippen LogP contribution in [0.5, 0.6) is 11.5 Å². The quantitative estimate of drug-likeness (QED) is 0.466. The van der Waals surface area contributed by atoms with E-state index < -0.39 is 0 Å². The lowest BCUT2D eigenvalue weighted by Crippen LogP contribution is -2.24. The molecule has 1 saturated heterocycles. The number of nitrogens with two attached hydrogens (primary N) is 1. The van der Waals surface area contributed by atoms with Gasteiger partial charge in [0, 0.05) is 30.3 Å². The molecule has 1 aliphatic rings. The molecule has 0 aliphatic carbocycles. The van der Waals surface area contributed by atoms with Gasteiger partial charge in [0.25, 0.3) is 0 Å². The number of hydrogen-bond acceptors (Lipinski definition) is 4. The van der Waals surface area contributed by atoms with Gasteiger partial charge >= 0.3 is 0 Å². The number of anilines is 1. The Kier molecular flexibility index (Phi) is 6.05. The summed E-state index contributed by atoms with van der Waals surface area (Å²) in [4.78, 5) is 18.8. The third-order valence-corrected chi connectivity index (χ3v) is 6.36. The molecule has 0 radical (unpaired) electrons. The number of carbonyl (C=O) groups excluding carboxylic acids is 1. The Labute approximate surface area is 195 Å². The van der Waals surface area contributed by atoms with E-state index in [0.29, 0.717) is 30.1 Å². The Bertz CT molecular complexity index is 1260. The Hall–Kier alpha value is -3.86. The molecule has 0 unspecified atom stereocenters. The summed E-state index contributed by atoms with van der Waals surface area (Å²) in [5.41, 5.74) is 13.0. The fourth-order valence-electron chi connectivity index (χ4n) is 4.24. The summed E-state index contributed by atoms with van der Waals surface area (Å²) in [6, 6.07) is 17.7. The van der Waals surface area contributed by atoms with Gasteiger partial charge in [-0.15, -0.1) is 0 Å². The largest absolute Gasteiger partial charge is 0.455 e. The fourth-order valence-corrected chi connectivity index (χ4v) is 4.24. The van der Waals surface area contributed by atoms with Crippen molar-refractivity contribution < 1.29 is 9.53 Å². The maximum atomic E-state index is 12.9. The van der Waals surface area contributed by atoms with E-state index in [9.17, 15) is 4.79 Å². The van der Waals surface area contributed by atoms with Crippen LogP contribution in [0.3, 0.4) is 0 Å². The van der Waals surface area contributed by atoms with Crippen LogP contribution in [-0.2, 0) is 4.79 Å². The maximum Gasteiger partial charge on any atom is 0.227 e. The summed E-state index contributed by atoms with van der Waals surface area (Å²) in [7, 11) is 0. The molecule has 0 aromatic heterocycles. The van der Waals surface area contributed by atoms with Gasteiger partial charge in [0.2, 0.25) is 5.91 Å². The van der Waals surface area contributed by atoms with Gasteiger partial charge in [0.15, 0.2) is 5.75 Å². The molecule has 5 nitrogen and oxygen atoms in total. The van der Waals surface area contributed by atoms with Crippen molar-refractivity contribution in [1.82, 2.24) is 0 Å². The van der Waals surface area contributed by atoms with Crippen LogP contribution in [0.25, 0.3) is 5.70 Å². The van der Waals surface area contributed by atoms with E-state index >= 15 is 0 Å². The van der Waals surface area contributed by atoms with Crippen LogP contribution in [0, 0.1) is 20.8 Å². The molecule has 1 aliphatic heterocycles. The molecule has 2 N–H and O–H groups in total. The highest BCUT2D eigenvalue weighted by Crippen LogP contribution is 2.40. The predicted molar refractivity (Wildman–Crippen MR) is 136 cm³/mol. The highest BCUT2D eigenvalue weighted by Gasteiger charge is 2.32. The molecule has 33 heavy (non-hydrogen) atoms. The number of rotatable bonds is 6. The van der Waals surface area contributed by atoms with Gasteiger partial charge in [-0.05, 0) is 79.6 Å². The van der Waals surface area contributed by atoms with E-state index in [1.807, 2.05) is 54.3 Å². The third-order valence-electron chi connectivity index (χ3n) is 6.36. The van der Waals surface area contributed by atoms with Crippen molar-refractivity contribution in [3.63, 3.8) is 0 Å². The molecule has 1 heterocycles. The number of ether oxygens (including phenoxy) is 1. The Balaban J connectivity index is 1.64. The van der Waals surface area contributed by atoms with Crippen molar-refractivity contribution >= 4 is 29.7 Å². The minimum absolute atomic E-state index is 0.0446. The van der Waals surface area contributed by atoms with Crippen molar-refractivity contribution in [2.45, 2.75) is 33.1 Å². The predicted octanol–water partition coefficient (Wildman–Crippen LogP) is 6.19. The molecule has 4 rings (SSSR count). The normalized spacial score (nSPS) is 15.5. The van der Waals surface area contributed by atoms with Crippen LogP contribution in [0.15, 0.2) is 66.2 Å². The SMILES string of the molecule is C=Nc1ccc([C@H]2CC(=O)N(c3cccc(C(=C)N)c3)C2)cc1Oc1c(C)ccc(C)c1C. The van der Waals surface area contributed by atoms with Crippen molar-refractivity contribution in [1.29, 1.82) is 0 Å². The standard InChI is InChI=1S/C28H29N3O2/c1-17-9-10-18(2)28(19(17)3)33-26-14-22(11-12-25(26)30-5)23-15-27(32)31(16-23)24-8-6-7-21(13-24)20(4)29/h6-14,23H,4-5,15-16,29H2,1-3H3/t23-/m0/s1. The lowest BCUT2D eigenvalue weighted by molar-refractivity contribution is -0.117. The van der Waals surface area contributed by atoms with Crippen LogP contribution >= 0.6 is 0 Å². The first kappa shape index (κ1) is 22.3. The first-order chi connectivity index (χ1) is 15.8. The van der Waals surface area contributed by atoms with E-state index in [0.717, 1.165) is 33.7 Å². The van der Waals surface area contributed by atoms with Gasteiger partial charge in [-0.2, -0.15) is 0 Å². The van der Waals surface area contributed by atoms with Crippen molar-refractivity contribution in [3.8, 4) is 11.5 Å². The Morgan fingerprint density at radius 2 is 1.85 bits per heavy atom. The minimum atomic E-state index is 0.0446. The van der Waals surface area contributed by atoms with Crippen LogP contribution in [0.1, 0.15) is 40.2 Å². The number of aliphatic imine (C=N–C) groups is 1. The molecule has 168 valence electrons. The number of benzene rings is 3. The highest BCUT2D eigenvalue weighted by atomic mass is 16.5. The van der Waals surface area contributed by atoms with Crippen LogP contribution in [-0.4, -0.2) is 19.2 Å². The zero-order valence-corrected chi connectivity index (χ0v) is 19.4. The first-order valence-electron chi connectivity index (χ1n) is 11.0. The molecule has 3 aromatic rings. The Morgan fingerprint density at radius 3 is 2.58 bits per heavy atom. The summed E-state index contributed by atoms with van der Waals surface area (Å²) in [6.45, 7) is 14.2. The van der Waals surface area contributed by atoms with E-state index in [1.54, 1.807) is 0 Å². The smallest absolute Gasteiger partial charge is 0.227 e.